The van der Waals surface area contributed by atoms with Gasteiger partial charge in [-0.1, -0.05) is 34.8 Å². The Hall–Kier alpha value is -0.480. The molecule has 0 aliphatic heterocycles. The third-order valence-corrected chi connectivity index (χ3v) is 3.28. The normalized spacial score (nSPS) is 10.4. The standard InChI is InChI=1S/C11H6BrCl3N2/c12-6-3-9(15)11(16-5-6)17-10-4-7(13)1-2-8(10)14/h1-5H,(H,16,17). The summed E-state index contributed by atoms with van der Waals surface area (Å²) in [7, 11) is 0. The van der Waals surface area contributed by atoms with Crippen molar-refractivity contribution in [2.24, 2.45) is 0 Å². The van der Waals surface area contributed by atoms with E-state index in [9.17, 15) is 0 Å². The number of halogens is 4. The van der Waals surface area contributed by atoms with Crippen LogP contribution < -0.4 is 5.32 Å². The number of benzene rings is 1. The van der Waals surface area contributed by atoms with E-state index >= 15 is 0 Å². The second-order valence-electron chi connectivity index (χ2n) is 3.23. The highest BCUT2D eigenvalue weighted by Crippen LogP contribution is 2.31. The molecule has 0 fully saturated rings. The van der Waals surface area contributed by atoms with E-state index in [1.165, 1.54) is 0 Å². The molecule has 1 aromatic heterocycles. The molecule has 1 N–H and O–H groups in total. The fourth-order valence-electron chi connectivity index (χ4n) is 1.23. The van der Waals surface area contributed by atoms with Crippen molar-refractivity contribution in [3.05, 3.63) is 50.0 Å². The maximum atomic E-state index is 6.04. The third kappa shape index (κ3) is 3.26. The maximum Gasteiger partial charge on any atom is 0.149 e. The van der Waals surface area contributed by atoms with Crippen LogP contribution in [-0.2, 0) is 0 Å². The average Bonchev–Trinajstić information content (AvgIpc) is 2.27. The van der Waals surface area contributed by atoms with Gasteiger partial charge < -0.3 is 5.32 Å². The molecule has 0 aliphatic carbocycles. The van der Waals surface area contributed by atoms with Crippen molar-refractivity contribution in [1.29, 1.82) is 0 Å². The number of hydrogen-bond donors (Lipinski definition) is 1. The highest BCUT2D eigenvalue weighted by Gasteiger charge is 2.06. The quantitative estimate of drug-likeness (QED) is 0.767. The van der Waals surface area contributed by atoms with Gasteiger partial charge in [0.15, 0.2) is 0 Å². The fraction of sp³-hybridized carbons (Fsp3) is 0. The molecule has 0 unspecified atom stereocenters. The van der Waals surface area contributed by atoms with Gasteiger partial charge in [-0.2, -0.15) is 0 Å². The minimum absolute atomic E-state index is 0.496. The zero-order valence-electron chi connectivity index (χ0n) is 8.35. The predicted molar refractivity (Wildman–Crippen MR) is 76.7 cm³/mol. The first kappa shape index (κ1) is 13.0. The Balaban J connectivity index is 2.34. The Morgan fingerprint density at radius 1 is 1.06 bits per heavy atom. The number of nitrogens with zero attached hydrogens (tertiary/aromatic N) is 1. The van der Waals surface area contributed by atoms with Gasteiger partial charge in [0.05, 0.1) is 15.7 Å². The Morgan fingerprint density at radius 3 is 2.53 bits per heavy atom. The van der Waals surface area contributed by atoms with Crippen LogP contribution in [0, 0.1) is 0 Å². The molecule has 0 bridgehead atoms. The molecule has 1 heterocycles. The highest BCUT2D eigenvalue weighted by atomic mass is 79.9. The van der Waals surface area contributed by atoms with E-state index in [0.29, 0.717) is 26.6 Å². The summed E-state index contributed by atoms with van der Waals surface area (Å²) in [6.07, 6.45) is 1.65. The molecule has 0 aliphatic rings. The van der Waals surface area contributed by atoms with E-state index < -0.39 is 0 Å². The number of aromatic nitrogens is 1. The van der Waals surface area contributed by atoms with E-state index in [4.69, 9.17) is 34.8 Å². The second-order valence-corrected chi connectivity index (χ2v) is 5.40. The number of anilines is 2. The number of nitrogens with one attached hydrogen (secondary N) is 1. The van der Waals surface area contributed by atoms with E-state index in [0.717, 1.165) is 4.47 Å². The molecule has 2 rings (SSSR count). The molecule has 0 atom stereocenters. The van der Waals surface area contributed by atoms with Gasteiger partial charge in [-0.3, -0.25) is 0 Å². The van der Waals surface area contributed by atoms with Gasteiger partial charge in [0.25, 0.3) is 0 Å². The molecule has 17 heavy (non-hydrogen) atoms. The summed E-state index contributed by atoms with van der Waals surface area (Å²) in [5.41, 5.74) is 0.663. The van der Waals surface area contributed by atoms with Crippen LogP contribution in [0.5, 0.6) is 0 Å². The van der Waals surface area contributed by atoms with E-state index in [1.807, 2.05) is 0 Å². The minimum Gasteiger partial charge on any atom is -0.338 e. The lowest BCUT2D eigenvalue weighted by Gasteiger charge is -2.09. The summed E-state index contributed by atoms with van der Waals surface area (Å²) in [4.78, 5) is 4.15. The lowest BCUT2D eigenvalue weighted by molar-refractivity contribution is 1.29. The minimum atomic E-state index is 0.496. The predicted octanol–water partition coefficient (Wildman–Crippen LogP) is 5.55. The van der Waals surface area contributed by atoms with Crippen LogP contribution in [0.25, 0.3) is 0 Å². The summed E-state index contributed by atoms with van der Waals surface area (Å²) in [5, 5.41) is 4.66. The molecule has 6 heteroatoms. The molecular weight excluding hydrogens is 346 g/mol. The van der Waals surface area contributed by atoms with Crippen molar-refractivity contribution in [2.45, 2.75) is 0 Å². The molecule has 0 radical (unpaired) electrons. The first-order chi connectivity index (χ1) is 8.06. The maximum absolute atomic E-state index is 6.04. The van der Waals surface area contributed by atoms with Crippen LogP contribution in [0.4, 0.5) is 11.5 Å². The first-order valence-electron chi connectivity index (χ1n) is 4.59. The van der Waals surface area contributed by atoms with Gasteiger partial charge >= 0.3 is 0 Å². The number of hydrogen-bond acceptors (Lipinski definition) is 2. The zero-order valence-corrected chi connectivity index (χ0v) is 12.2. The lowest BCUT2D eigenvalue weighted by atomic mass is 10.3. The van der Waals surface area contributed by atoms with Crippen LogP contribution >= 0.6 is 50.7 Å². The monoisotopic (exact) mass is 350 g/mol. The molecule has 0 saturated heterocycles. The van der Waals surface area contributed by atoms with Crippen LogP contribution in [-0.4, -0.2) is 4.98 Å². The van der Waals surface area contributed by atoms with E-state index in [1.54, 1.807) is 30.5 Å². The molecular formula is C11H6BrCl3N2. The average molecular weight is 352 g/mol. The molecule has 0 amide bonds. The number of rotatable bonds is 2. The topological polar surface area (TPSA) is 24.9 Å². The molecule has 2 aromatic rings. The molecule has 0 saturated carbocycles. The van der Waals surface area contributed by atoms with E-state index in [-0.39, 0.29) is 0 Å². The van der Waals surface area contributed by atoms with Crippen LogP contribution in [0.3, 0.4) is 0 Å². The SMILES string of the molecule is Clc1ccc(Cl)c(Nc2ncc(Br)cc2Cl)c1. The molecule has 2 nitrogen and oxygen atoms in total. The highest BCUT2D eigenvalue weighted by molar-refractivity contribution is 9.10. The van der Waals surface area contributed by atoms with Crippen molar-refractivity contribution in [1.82, 2.24) is 4.98 Å². The Morgan fingerprint density at radius 2 is 1.82 bits per heavy atom. The summed E-state index contributed by atoms with van der Waals surface area (Å²) >= 11 is 21.2. The van der Waals surface area contributed by atoms with Gasteiger partial charge in [0, 0.05) is 15.7 Å². The smallest absolute Gasteiger partial charge is 0.149 e. The van der Waals surface area contributed by atoms with Crippen LogP contribution in [0.2, 0.25) is 15.1 Å². The van der Waals surface area contributed by atoms with Crippen LogP contribution in [0.1, 0.15) is 0 Å². The van der Waals surface area contributed by atoms with Crippen molar-refractivity contribution in [2.75, 3.05) is 5.32 Å². The molecule has 88 valence electrons. The largest absolute Gasteiger partial charge is 0.338 e. The summed E-state index contributed by atoms with van der Waals surface area (Å²) in [6, 6.07) is 6.88. The Labute approximate surface area is 122 Å². The summed E-state index contributed by atoms with van der Waals surface area (Å²) < 4.78 is 0.810. The van der Waals surface area contributed by atoms with Gasteiger partial charge in [-0.25, -0.2) is 4.98 Å². The van der Waals surface area contributed by atoms with E-state index in [2.05, 4.69) is 26.2 Å². The van der Waals surface area contributed by atoms with Crippen molar-refractivity contribution in [3.63, 3.8) is 0 Å². The Kier molecular flexibility index (Phi) is 4.15. The van der Waals surface area contributed by atoms with Gasteiger partial charge in [-0.05, 0) is 40.2 Å². The van der Waals surface area contributed by atoms with Crippen molar-refractivity contribution >= 4 is 62.2 Å². The lowest BCUT2D eigenvalue weighted by Crippen LogP contribution is -1.95. The Bertz CT molecular complexity index is 560. The second kappa shape index (κ2) is 5.44. The fourth-order valence-corrected chi connectivity index (χ4v) is 2.24. The third-order valence-electron chi connectivity index (χ3n) is 1.99. The van der Waals surface area contributed by atoms with Gasteiger partial charge in [0.1, 0.15) is 5.82 Å². The summed E-state index contributed by atoms with van der Waals surface area (Å²) in [5.74, 6) is 0.527. The first-order valence-corrected chi connectivity index (χ1v) is 6.52. The number of pyridine rings is 1. The van der Waals surface area contributed by atoms with Crippen LogP contribution in [0.15, 0.2) is 34.9 Å². The molecule has 0 spiro atoms. The van der Waals surface area contributed by atoms with Gasteiger partial charge in [0.2, 0.25) is 0 Å². The summed E-state index contributed by atoms with van der Waals surface area (Å²) in [6.45, 7) is 0. The van der Waals surface area contributed by atoms with Gasteiger partial charge in [-0.15, -0.1) is 0 Å². The zero-order chi connectivity index (χ0) is 12.4. The van der Waals surface area contributed by atoms with Crippen molar-refractivity contribution < 1.29 is 0 Å². The van der Waals surface area contributed by atoms with Crippen molar-refractivity contribution in [3.8, 4) is 0 Å². The molecule has 1 aromatic carbocycles.